The van der Waals surface area contributed by atoms with Crippen molar-refractivity contribution in [2.45, 2.75) is 51.5 Å². The number of carbonyl (C=O) groups excluding carboxylic acids is 1. The molecule has 1 heterocycles. The molecule has 1 aliphatic carbocycles. The summed E-state index contributed by atoms with van der Waals surface area (Å²) in [6.07, 6.45) is 7.87. The van der Waals surface area contributed by atoms with Crippen molar-refractivity contribution in [3.63, 3.8) is 0 Å². The van der Waals surface area contributed by atoms with Crippen molar-refractivity contribution in [3.05, 3.63) is 0 Å². The SMILES string of the molecule is CC1(C(=O)NCCCC2CCCC2)COCC1N. The number of ether oxygens (including phenoxy) is 1. The number of nitrogens with two attached hydrogens (primary N) is 1. The van der Waals surface area contributed by atoms with Crippen molar-refractivity contribution in [1.82, 2.24) is 5.32 Å². The number of rotatable bonds is 5. The van der Waals surface area contributed by atoms with E-state index in [1.165, 1.54) is 32.1 Å². The van der Waals surface area contributed by atoms with Crippen LogP contribution in [0.3, 0.4) is 0 Å². The standard InChI is InChI=1S/C14H26N2O2/c1-14(10-18-9-12(14)15)13(17)16-8-4-7-11-5-2-3-6-11/h11-12H,2-10,15H2,1H3,(H,16,17). The Morgan fingerprint density at radius 2 is 2.17 bits per heavy atom. The lowest BCUT2D eigenvalue weighted by atomic mass is 9.85. The number of carbonyl (C=O) groups is 1. The van der Waals surface area contributed by atoms with E-state index in [0.717, 1.165) is 18.9 Å². The van der Waals surface area contributed by atoms with Crippen LogP contribution in [-0.2, 0) is 9.53 Å². The maximum Gasteiger partial charge on any atom is 0.229 e. The quantitative estimate of drug-likeness (QED) is 0.730. The van der Waals surface area contributed by atoms with Gasteiger partial charge < -0.3 is 15.8 Å². The largest absolute Gasteiger partial charge is 0.379 e. The zero-order valence-electron chi connectivity index (χ0n) is 11.4. The molecule has 4 nitrogen and oxygen atoms in total. The Balaban J connectivity index is 1.65. The highest BCUT2D eigenvalue weighted by molar-refractivity contribution is 5.83. The lowest BCUT2D eigenvalue weighted by Gasteiger charge is -2.25. The smallest absolute Gasteiger partial charge is 0.229 e. The lowest BCUT2D eigenvalue weighted by Crippen LogP contribution is -2.50. The van der Waals surface area contributed by atoms with E-state index in [-0.39, 0.29) is 11.9 Å². The van der Waals surface area contributed by atoms with E-state index in [2.05, 4.69) is 5.32 Å². The maximum absolute atomic E-state index is 12.1. The zero-order valence-corrected chi connectivity index (χ0v) is 11.4. The number of nitrogens with one attached hydrogen (secondary N) is 1. The van der Waals surface area contributed by atoms with Crippen LogP contribution in [0.5, 0.6) is 0 Å². The molecule has 0 spiro atoms. The minimum Gasteiger partial charge on any atom is -0.379 e. The monoisotopic (exact) mass is 254 g/mol. The van der Waals surface area contributed by atoms with Gasteiger partial charge in [0.2, 0.25) is 5.91 Å². The minimum absolute atomic E-state index is 0.0546. The lowest BCUT2D eigenvalue weighted by molar-refractivity contribution is -0.130. The Morgan fingerprint density at radius 3 is 2.78 bits per heavy atom. The second kappa shape index (κ2) is 6.02. The Bertz CT molecular complexity index is 290. The first-order chi connectivity index (χ1) is 8.63. The molecule has 2 atom stereocenters. The topological polar surface area (TPSA) is 64.3 Å². The van der Waals surface area contributed by atoms with Crippen LogP contribution < -0.4 is 11.1 Å². The predicted octanol–water partition coefficient (Wildman–Crippen LogP) is 1.44. The van der Waals surface area contributed by atoms with Gasteiger partial charge in [0.15, 0.2) is 0 Å². The Labute approximate surface area is 110 Å². The summed E-state index contributed by atoms with van der Waals surface area (Å²) in [5.41, 5.74) is 5.40. The van der Waals surface area contributed by atoms with Crippen LogP contribution in [0.25, 0.3) is 0 Å². The van der Waals surface area contributed by atoms with Crippen LogP contribution in [0.15, 0.2) is 0 Å². The van der Waals surface area contributed by atoms with Crippen molar-refractivity contribution in [2.24, 2.45) is 17.1 Å². The summed E-state index contributed by atoms with van der Waals surface area (Å²) in [4.78, 5) is 12.1. The van der Waals surface area contributed by atoms with E-state index in [9.17, 15) is 4.79 Å². The second-order valence-corrected chi connectivity index (χ2v) is 6.09. The molecule has 1 saturated carbocycles. The third-order valence-electron chi connectivity index (χ3n) is 4.59. The first kappa shape index (κ1) is 13.8. The molecule has 0 bridgehead atoms. The predicted molar refractivity (Wildman–Crippen MR) is 71.1 cm³/mol. The Morgan fingerprint density at radius 1 is 1.44 bits per heavy atom. The van der Waals surface area contributed by atoms with E-state index in [0.29, 0.717) is 13.2 Å². The normalized spacial score (nSPS) is 32.9. The van der Waals surface area contributed by atoms with Crippen LogP contribution >= 0.6 is 0 Å². The first-order valence-corrected chi connectivity index (χ1v) is 7.24. The Hall–Kier alpha value is -0.610. The maximum atomic E-state index is 12.1. The Kier molecular flexibility index (Phi) is 4.62. The molecule has 1 aliphatic heterocycles. The summed E-state index contributed by atoms with van der Waals surface area (Å²) in [5, 5.41) is 3.02. The molecule has 2 aliphatic rings. The summed E-state index contributed by atoms with van der Waals surface area (Å²) < 4.78 is 5.30. The second-order valence-electron chi connectivity index (χ2n) is 6.09. The third-order valence-corrected chi connectivity index (χ3v) is 4.59. The van der Waals surface area contributed by atoms with Gasteiger partial charge in [-0.25, -0.2) is 0 Å². The molecule has 1 amide bonds. The van der Waals surface area contributed by atoms with Gasteiger partial charge in [-0.1, -0.05) is 25.7 Å². The number of hydrogen-bond donors (Lipinski definition) is 2. The highest BCUT2D eigenvalue weighted by Crippen LogP contribution is 2.29. The molecule has 0 radical (unpaired) electrons. The molecule has 104 valence electrons. The summed E-state index contributed by atoms with van der Waals surface area (Å²) >= 11 is 0. The molecule has 0 aromatic carbocycles. The minimum atomic E-state index is -0.534. The molecule has 0 aromatic rings. The van der Waals surface area contributed by atoms with Crippen LogP contribution in [0.4, 0.5) is 0 Å². The molecule has 2 rings (SSSR count). The fourth-order valence-electron chi connectivity index (χ4n) is 3.02. The molecule has 0 aromatic heterocycles. The van der Waals surface area contributed by atoms with E-state index in [1.54, 1.807) is 0 Å². The molecule has 3 N–H and O–H groups in total. The molecular formula is C14H26N2O2. The average molecular weight is 254 g/mol. The van der Waals surface area contributed by atoms with Gasteiger partial charge in [-0.2, -0.15) is 0 Å². The van der Waals surface area contributed by atoms with Crippen LogP contribution in [0.1, 0.15) is 45.4 Å². The van der Waals surface area contributed by atoms with Gasteiger partial charge in [0.05, 0.1) is 18.6 Å². The summed E-state index contributed by atoms with van der Waals surface area (Å²) in [6.45, 7) is 3.61. The van der Waals surface area contributed by atoms with Gasteiger partial charge >= 0.3 is 0 Å². The third kappa shape index (κ3) is 3.04. The van der Waals surface area contributed by atoms with Crippen molar-refractivity contribution in [1.29, 1.82) is 0 Å². The van der Waals surface area contributed by atoms with Gasteiger partial charge in [0, 0.05) is 12.6 Å². The summed E-state index contributed by atoms with van der Waals surface area (Å²) in [7, 11) is 0. The van der Waals surface area contributed by atoms with Gasteiger partial charge in [-0.05, 0) is 25.7 Å². The zero-order chi connectivity index (χ0) is 13.0. The van der Waals surface area contributed by atoms with Gasteiger partial charge in [-0.15, -0.1) is 0 Å². The van der Waals surface area contributed by atoms with E-state index in [4.69, 9.17) is 10.5 Å². The summed E-state index contributed by atoms with van der Waals surface area (Å²) in [5.74, 6) is 0.952. The van der Waals surface area contributed by atoms with Gasteiger partial charge in [0.1, 0.15) is 0 Å². The highest BCUT2D eigenvalue weighted by Gasteiger charge is 2.44. The fourth-order valence-corrected chi connectivity index (χ4v) is 3.02. The van der Waals surface area contributed by atoms with Crippen molar-refractivity contribution < 1.29 is 9.53 Å². The molecular weight excluding hydrogens is 228 g/mol. The summed E-state index contributed by atoms with van der Waals surface area (Å²) in [6, 6.07) is -0.174. The first-order valence-electron chi connectivity index (χ1n) is 7.24. The van der Waals surface area contributed by atoms with Crippen LogP contribution in [-0.4, -0.2) is 31.7 Å². The molecule has 18 heavy (non-hydrogen) atoms. The van der Waals surface area contributed by atoms with E-state index >= 15 is 0 Å². The van der Waals surface area contributed by atoms with Crippen molar-refractivity contribution in [2.75, 3.05) is 19.8 Å². The van der Waals surface area contributed by atoms with E-state index < -0.39 is 5.41 Å². The molecule has 2 fully saturated rings. The molecule has 2 unspecified atom stereocenters. The van der Waals surface area contributed by atoms with Crippen LogP contribution in [0, 0.1) is 11.3 Å². The molecule has 1 saturated heterocycles. The van der Waals surface area contributed by atoms with Gasteiger partial charge in [0.25, 0.3) is 0 Å². The number of amides is 1. The van der Waals surface area contributed by atoms with E-state index in [1.807, 2.05) is 6.92 Å². The van der Waals surface area contributed by atoms with Gasteiger partial charge in [-0.3, -0.25) is 4.79 Å². The molecule has 4 heteroatoms. The highest BCUT2D eigenvalue weighted by atomic mass is 16.5. The average Bonchev–Trinajstić information content (AvgIpc) is 2.97. The van der Waals surface area contributed by atoms with Crippen LogP contribution in [0.2, 0.25) is 0 Å². The van der Waals surface area contributed by atoms with Crippen molar-refractivity contribution >= 4 is 5.91 Å². The fraction of sp³-hybridized carbons (Fsp3) is 0.929. The number of hydrogen-bond acceptors (Lipinski definition) is 3. The van der Waals surface area contributed by atoms with Crippen molar-refractivity contribution in [3.8, 4) is 0 Å².